The minimum atomic E-state index is -2.92. The first-order chi connectivity index (χ1) is 20.6. The Morgan fingerprint density at radius 1 is 0.930 bits per heavy atom. The van der Waals surface area contributed by atoms with Gasteiger partial charge in [0.1, 0.15) is 7.14 Å². The quantitative estimate of drug-likeness (QED) is 0.237. The highest BCUT2D eigenvalue weighted by molar-refractivity contribution is 7.79. The van der Waals surface area contributed by atoms with Crippen LogP contribution in [-0.2, 0) is 4.57 Å². The molecule has 7 atom stereocenters. The Labute approximate surface area is 259 Å². The van der Waals surface area contributed by atoms with E-state index < -0.39 is 19.3 Å². The van der Waals surface area contributed by atoms with Crippen molar-refractivity contribution < 1.29 is 14.8 Å². The second-order valence-electron chi connectivity index (χ2n) is 14.0. The van der Waals surface area contributed by atoms with Crippen molar-refractivity contribution in [2.75, 3.05) is 0 Å². The van der Waals surface area contributed by atoms with Crippen molar-refractivity contribution in [1.82, 2.24) is 0 Å². The molecule has 0 aromatic heterocycles. The molecule has 3 aliphatic carbocycles. The Balaban J connectivity index is 1.40. The minimum Gasteiger partial charge on any atom is -0.393 e. The van der Waals surface area contributed by atoms with Gasteiger partial charge in [-0.15, -0.1) is 0 Å². The van der Waals surface area contributed by atoms with Crippen molar-refractivity contribution >= 4 is 17.8 Å². The van der Waals surface area contributed by atoms with Gasteiger partial charge in [-0.3, -0.25) is 0 Å². The maximum absolute atomic E-state index is 15.2. The molecule has 0 radical (unpaired) electrons. The summed E-state index contributed by atoms with van der Waals surface area (Å²) >= 11 is 0. The van der Waals surface area contributed by atoms with E-state index in [2.05, 4.69) is 58.6 Å². The Kier molecular flexibility index (Phi) is 9.86. The third kappa shape index (κ3) is 6.37. The lowest BCUT2D eigenvalue weighted by Gasteiger charge is -2.44. The molecule has 5 rings (SSSR count). The first kappa shape index (κ1) is 32.0. The number of allylic oxidation sites excluding steroid dienone is 5. The van der Waals surface area contributed by atoms with Gasteiger partial charge in [0.15, 0.2) is 0 Å². The Morgan fingerprint density at radius 2 is 1.56 bits per heavy atom. The lowest BCUT2D eigenvalue weighted by atomic mass is 9.61. The van der Waals surface area contributed by atoms with Crippen molar-refractivity contribution in [2.24, 2.45) is 29.1 Å². The molecule has 3 saturated carbocycles. The molecule has 0 saturated heterocycles. The van der Waals surface area contributed by atoms with E-state index in [1.165, 1.54) is 31.3 Å². The molecule has 3 fully saturated rings. The summed E-state index contributed by atoms with van der Waals surface area (Å²) in [6.45, 7) is 13.4. The summed E-state index contributed by atoms with van der Waals surface area (Å²) < 4.78 is 15.2. The molecule has 3 aliphatic rings. The SMILES string of the molecule is C=C1/C(=C/C=C2/CCC[C@]3(C)C(C(C)/C=C/C(C(C)C)P(=O)(c4ccccc4)c4ccccc4)CC[C@@H]23)C[C@@H](O)C[C@@H]1O. The van der Waals surface area contributed by atoms with E-state index in [0.29, 0.717) is 30.6 Å². The van der Waals surface area contributed by atoms with Crippen molar-refractivity contribution in [3.63, 3.8) is 0 Å². The third-order valence-corrected chi connectivity index (χ3v) is 14.7. The zero-order valence-corrected chi connectivity index (χ0v) is 27.4. The molecule has 4 heteroatoms. The molecule has 3 unspecified atom stereocenters. The molecule has 2 N–H and O–H groups in total. The van der Waals surface area contributed by atoms with Gasteiger partial charge in [0.05, 0.1) is 12.2 Å². The predicted octanol–water partition coefficient (Wildman–Crippen LogP) is 8.36. The van der Waals surface area contributed by atoms with Gasteiger partial charge in [-0.1, -0.05) is 125 Å². The van der Waals surface area contributed by atoms with Crippen molar-refractivity contribution in [3.8, 4) is 0 Å². The summed E-state index contributed by atoms with van der Waals surface area (Å²) in [5.41, 5.74) is 3.40. The largest absolute Gasteiger partial charge is 0.393 e. The molecule has 0 aliphatic heterocycles. The fourth-order valence-electron chi connectivity index (χ4n) is 8.59. The Morgan fingerprint density at radius 3 is 2.16 bits per heavy atom. The third-order valence-electron chi connectivity index (χ3n) is 10.9. The lowest BCUT2D eigenvalue weighted by molar-refractivity contribution is 0.0862. The zero-order chi connectivity index (χ0) is 30.8. The summed E-state index contributed by atoms with van der Waals surface area (Å²) in [5, 5.41) is 22.4. The molecular weight excluding hydrogens is 547 g/mol. The van der Waals surface area contributed by atoms with E-state index in [-0.39, 0.29) is 17.0 Å². The smallest absolute Gasteiger partial charge is 0.150 e. The topological polar surface area (TPSA) is 57.5 Å². The predicted molar refractivity (Wildman–Crippen MR) is 181 cm³/mol. The summed E-state index contributed by atoms with van der Waals surface area (Å²) in [4.78, 5) is 0. The van der Waals surface area contributed by atoms with Crippen LogP contribution in [0.15, 0.2) is 108 Å². The average Bonchev–Trinajstić information content (AvgIpc) is 3.36. The highest BCUT2D eigenvalue weighted by Gasteiger charge is 2.50. The van der Waals surface area contributed by atoms with E-state index >= 15 is 4.57 Å². The molecule has 3 nitrogen and oxygen atoms in total. The van der Waals surface area contributed by atoms with E-state index in [1.807, 2.05) is 60.7 Å². The monoisotopic (exact) mass is 598 g/mol. The normalized spacial score (nSPS) is 31.6. The summed E-state index contributed by atoms with van der Waals surface area (Å²) in [6, 6.07) is 20.2. The van der Waals surface area contributed by atoms with Crippen LogP contribution in [0.2, 0.25) is 0 Å². The van der Waals surface area contributed by atoms with Crippen LogP contribution in [0.5, 0.6) is 0 Å². The fourth-order valence-corrected chi connectivity index (χ4v) is 12.0. The standard InChI is InChI=1S/C39H51O3P/c1-27(2)38(43(42,33-14-8-6-9-15-33)34-16-10-7-11-17-34)23-18-28(3)35-21-22-36-30(13-12-24-39(35,36)5)19-20-31-25-32(40)26-37(41)29(31)4/h6-11,14-20,23,27-28,32,35-38,40-41H,4,12-13,21-22,24-26H2,1-3,5H3/b23-18+,30-19-,31-20+/t28?,32-,35?,36+,37+,38?,39-/m1/s1. The van der Waals surface area contributed by atoms with Crippen LogP contribution in [0.3, 0.4) is 0 Å². The van der Waals surface area contributed by atoms with Crippen molar-refractivity contribution in [1.29, 1.82) is 0 Å². The van der Waals surface area contributed by atoms with Gasteiger partial charge in [0.2, 0.25) is 0 Å². The number of aliphatic hydroxyl groups excluding tert-OH is 2. The summed E-state index contributed by atoms with van der Waals surface area (Å²) in [6.07, 6.45) is 14.9. The van der Waals surface area contributed by atoms with Crippen LogP contribution < -0.4 is 10.6 Å². The summed E-state index contributed by atoms with van der Waals surface area (Å²) in [5.74, 6) is 1.73. The lowest BCUT2D eigenvalue weighted by Crippen LogP contribution is -2.35. The molecule has 2 aromatic carbocycles. The summed E-state index contributed by atoms with van der Waals surface area (Å²) in [7, 11) is -2.92. The van der Waals surface area contributed by atoms with E-state index in [4.69, 9.17) is 0 Å². The van der Waals surface area contributed by atoms with E-state index in [9.17, 15) is 10.2 Å². The highest BCUT2D eigenvalue weighted by Crippen LogP contribution is 2.60. The molecule has 2 aromatic rings. The Bertz CT molecular complexity index is 1360. The molecular formula is C39H51O3P. The number of hydrogen-bond donors (Lipinski definition) is 2. The van der Waals surface area contributed by atoms with Crippen molar-refractivity contribution in [3.05, 3.63) is 108 Å². The first-order valence-electron chi connectivity index (χ1n) is 16.4. The van der Waals surface area contributed by atoms with Crippen LogP contribution in [0, 0.1) is 29.1 Å². The minimum absolute atomic E-state index is 0.0764. The molecule has 230 valence electrons. The molecule has 0 spiro atoms. The molecule has 0 amide bonds. The van der Waals surface area contributed by atoms with E-state index in [0.717, 1.165) is 28.2 Å². The van der Waals surface area contributed by atoms with Gasteiger partial charge < -0.3 is 14.8 Å². The second kappa shape index (κ2) is 13.3. The van der Waals surface area contributed by atoms with Crippen LogP contribution in [0.25, 0.3) is 0 Å². The van der Waals surface area contributed by atoms with Crippen LogP contribution in [-0.4, -0.2) is 28.1 Å². The van der Waals surface area contributed by atoms with Crippen LogP contribution in [0.4, 0.5) is 0 Å². The number of fused-ring (bicyclic) bond motifs is 1. The van der Waals surface area contributed by atoms with Gasteiger partial charge in [0.25, 0.3) is 0 Å². The number of benzene rings is 2. The maximum Gasteiger partial charge on any atom is 0.150 e. The van der Waals surface area contributed by atoms with Crippen molar-refractivity contribution in [2.45, 2.75) is 90.5 Å². The van der Waals surface area contributed by atoms with Gasteiger partial charge in [-0.25, -0.2) is 0 Å². The first-order valence-corrected chi connectivity index (χ1v) is 18.2. The second-order valence-corrected chi connectivity index (χ2v) is 16.9. The van der Waals surface area contributed by atoms with E-state index in [1.54, 1.807) is 0 Å². The molecule has 0 heterocycles. The van der Waals surface area contributed by atoms with Gasteiger partial charge in [-0.05, 0) is 78.8 Å². The van der Waals surface area contributed by atoms with Crippen LogP contribution in [0.1, 0.15) is 72.6 Å². The Hall–Kier alpha value is -2.45. The number of hydrogen-bond acceptors (Lipinski definition) is 3. The average molecular weight is 599 g/mol. The maximum atomic E-state index is 15.2. The fraction of sp³-hybridized carbons (Fsp3) is 0.487. The van der Waals surface area contributed by atoms with Gasteiger partial charge in [0, 0.05) is 22.7 Å². The molecule has 0 bridgehead atoms. The van der Waals surface area contributed by atoms with Gasteiger partial charge >= 0.3 is 0 Å². The molecule has 43 heavy (non-hydrogen) atoms. The van der Waals surface area contributed by atoms with Crippen LogP contribution >= 0.6 is 7.14 Å². The zero-order valence-electron chi connectivity index (χ0n) is 26.5. The van der Waals surface area contributed by atoms with Gasteiger partial charge in [-0.2, -0.15) is 0 Å². The number of aliphatic hydroxyl groups is 2. The highest BCUT2D eigenvalue weighted by atomic mass is 31.2. The number of rotatable bonds is 8.